The van der Waals surface area contributed by atoms with Gasteiger partial charge in [-0.05, 0) is 44.5 Å². The van der Waals surface area contributed by atoms with Crippen molar-refractivity contribution in [2.24, 2.45) is 5.73 Å². The molecule has 1 saturated heterocycles. The van der Waals surface area contributed by atoms with Crippen LogP contribution in [0.3, 0.4) is 0 Å². The first-order valence-corrected chi connectivity index (χ1v) is 6.78. The topological polar surface area (TPSA) is 67.1 Å². The first-order chi connectivity index (χ1) is 9.77. The van der Waals surface area contributed by atoms with Gasteiger partial charge in [0.2, 0.25) is 0 Å². The van der Waals surface area contributed by atoms with Crippen molar-refractivity contribution in [3.8, 4) is 0 Å². The molecular weight excluding hydrogens is 283 g/mol. The third-order valence-electron chi connectivity index (χ3n) is 3.60. The molecule has 0 bridgehead atoms. The van der Waals surface area contributed by atoms with Gasteiger partial charge >= 0.3 is 6.18 Å². The van der Waals surface area contributed by atoms with Crippen LogP contribution in [0.15, 0.2) is 18.2 Å². The molecule has 116 valence electrons. The van der Waals surface area contributed by atoms with Crippen LogP contribution in [-0.4, -0.2) is 24.5 Å². The van der Waals surface area contributed by atoms with Crippen LogP contribution in [0.2, 0.25) is 0 Å². The summed E-state index contributed by atoms with van der Waals surface area (Å²) < 4.78 is 38.1. The summed E-state index contributed by atoms with van der Waals surface area (Å²) in [5.74, 6) is -0.870. The van der Waals surface area contributed by atoms with E-state index in [0.717, 1.165) is 31.5 Å². The molecule has 1 aliphatic heterocycles. The summed E-state index contributed by atoms with van der Waals surface area (Å²) >= 11 is 0. The second-order valence-corrected chi connectivity index (χ2v) is 5.34. The molecule has 4 nitrogen and oxygen atoms in total. The lowest BCUT2D eigenvalue weighted by Gasteiger charge is -2.30. The van der Waals surface area contributed by atoms with E-state index in [2.05, 4.69) is 10.6 Å². The van der Waals surface area contributed by atoms with Gasteiger partial charge in [0, 0.05) is 17.8 Å². The Morgan fingerprint density at radius 1 is 1.43 bits per heavy atom. The maximum Gasteiger partial charge on any atom is 0.416 e. The van der Waals surface area contributed by atoms with E-state index in [-0.39, 0.29) is 11.6 Å². The molecule has 2 rings (SSSR count). The molecule has 21 heavy (non-hydrogen) atoms. The quantitative estimate of drug-likeness (QED) is 0.803. The van der Waals surface area contributed by atoms with Crippen LogP contribution in [0.5, 0.6) is 0 Å². The number of hydrogen-bond acceptors (Lipinski definition) is 3. The lowest BCUT2D eigenvalue weighted by molar-refractivity contribution is -0.137. The zero-order valence-electron chi connectivity index (χ0n) is 11.6. The molecule has 1 heterocycles. The molecule has 2 unspecified atom stereocenters. The number of amides is 1. The Morgan fingerprint density at radius 2 is 2.14 bits per heavy atom. The van der Waals surface area contributed by atoms with E-state index in [0.29, 0.717) is 11.7 Å². The minimum Gasteiger partial charge on any atom is -0.382 e. The fraction of sp³-hybridized carbons (Fsp3) is 0.500. The number of halogens is 3. The molecule has 1 aliphatic rings. The lowest BCUT2D eigenvalue weighted by Crippen LogP contribution is -2.41. The van der Waals surface area contributed by atoms with Gasteiger partial charge in [0.25, 0.3) is 5.91 Å². The highest BCUT2D eigenvalue weighted by Gasteiger charge is 2.32. The average molecular weight is 301 g/mol. The Balaban J connectivity index is 2.24. The number of carbonyl (C=O) groups excluding carboxylic acids is 1. The van der Waals surface area contributed by atoms with Crippen molar-refractivity contribution in [2.45, 2.75) is 38.0 Å². The number of hydrogen-bond donors (Lipinski definition) is 3. The molecule has 1 aromatic rings. The van der Waals surface area contributed by atoms with Crippen LogP contribution >= 0.6 is 0 Å². The number of nitrogens with one attached hydrogen (secondary N) is 2. The van der Waals surface area contributed by atoms with E-state index in [1.54, 1.807) is 0 Å². The first kappa shape index (κ1) is 15.6. The summed E-state index contributed by atoms with van der Waals surface area (Å²) in [4.78, 5) is 11.4. The van der Waals surface area contributed by atoms with Gasteiger partial charge < -0.3 is 16.4 Å². The second-order valence-electron chi connectivity index (χ2n) is 5.34. The summed E-state index contributed by atoms with van der Waals surface area (Å²) in [6.45, 7) is 2.86. The van der Waals surface area contributed by atoms with E-state index in [1.807, 2.05) is 6.92 Å². The molecule has 1 aromatic carbocycles. The van der Waals surface area contributed by atoms with Crippen molar-refractivity contribution in [3.05, 3.63) is 29.3 Å². The zero-order valence-corrected chi connectivity index (χ0v) is 11.6. The van der Waals surface area contributed by atoms with Gasteiger partial charge in [-0.2, -0.15) is 13.2 Å². The van der Waals surface area contributed by atoms with Gasteiger partial charge in [-0.3, -0.25) is 4.79 Å². The summed E-state index contributed by atoms with van der Waals surface area (Å²) in [5.41, 5.74) is 4.55. The van der Waals surface area contributed by atoms with Gasteiger partial charge in [0.15, 0.2) is 0 Å². The second kappa shape index (κ2) is 5.93. The third kappa shape index (κ3) is 3.87. The number of piperidine rings is 1. The number of carbonyl (C=O) groups is 1. The third-order valence-corrected chi connectivity index (χ3v) is 3.60. The SMILES string of the molecule is CC1CC(Nc2ccc(C(F)(F)F)cc2C(N)=O)CCN1. The molecule has 4 N–H and O–H groups in total. The van der Waals surface area contributed by atoms with Crippen molar-refractivity contribution >= 4 is 11.6 Å². The van der Waals surface area contributed by atoms with Gasteiger partial charge in [-0.25, -0.2) is 0 Å². The highest BCUT2D eigenvalue weighted by molar-refractivity contribution is 5.98. The van der Waals surface area contributed by atoms with Crippen LogP contribution in [-0.2, 0) is 6.18 Å². The minimum absolute atomic E-state index is 0.107. The molecular formula is C14H18F3N3O. The van der Waals surface area contributed by atoms with Gasteiger partial charge in [-0.1, -0.05) is 0 Å². The highest BCUT2D eigenvalue weighted by Crippen LogP contribution is 2.32. The van der Waals surface area contributed by atoms with Crippen LogP contribution in [0.1, 0.15) is 35.7 Å². The van der Waals surface area contributed by atoms with Crippen LogP contribution < -0.4 is 16.4 Å². The molecule has 7 heteroatoms. The maximum absolute atomic E-state index is 12.7. The Bertz CT molecular complexity index is 531. The highest BCUT2D eigenvalue weighted by atomic mass is 19.4. The molecule has 0 saturated carbocycles. The van der Waals surface area contributed by atoms with Crippen molar-refractivity contribution in [1.82, 2.24) is 5.32 Å². The molecule has 0 radical (unpaired) electrons. The van der Waals surface area contributed by atoms with Crippen LogP contribution in [0.25, 0.3) is 0 Å². The summed E-state index contributed by atoms with van der Waals surface area (Å²) in [6, 6.07) is 3.46. The largest absolute Gasteiger partial charge is 0.416 e. The number of rotatable bonds is 3. The van der Waals surface area contributed by atoms with E-state index in [4.69, 9.17) is 5.73 Å². The fourth-order valence-corrected chi connectivity index (χ4v) is 2.53. The molecule has 1 amide bonds. The summed E-state index contributed by atoms with van der Waals surface area (Å²) in [6.07, 6.45) is -2.82. The summed E-state index contributed by atoms with van der Waals surface area (Å²) in [5, 5.41) is 6.42. The van der Waals surface area contributed by atoms with Gasteiger partial charge in [-0.15, -0.1) is 0 Å². The average Bonchev–Trinajstić information content (AvgIpc) is 2.37. The normalized spacial score (nSPS) is 22.9. The van der Waals surface area contributed by atoms with E-state index >= 15 is 0 Å². The predicted octanol–water partition coefficient (Wildman–Crippen LogP) is 2.36. The Morgan fingerprint density at radius 3 is 2.71 bits per heavy atom. The smallest absolute Gasteiger partial charge is 0.382 e. The Hall–Kier alpha value is -1.76. The van der Waals surface area contributed by atoms with E-state index < -0.39 is 17.6 Å². The van der Waals surface area contributed by atoms with E-state index in [9.17, 15) is 18.0 Å². The van der Waals surface area contributed by atoms with Crippen LogP contribution in [0, 0.1) is 0 Å². The predicted molar refractivity (Wildman–Crippen MR) is 74.1 cm³/mol. The molecule has 2 atom stereocenters. The fourth-order valence-electron chi connectivity index (χ4n) is 2.53. The summed E-state index contributed by atoms with van der Waals surface area (Å²) in [7, 11) is 0. The van der Waals surface area contributed by atoms with Crippen molar-refractivity contribution in [2.75, 3.05) is 11.9 Å². The van der Waals surface area contributed by atoms with Gasteiger partial charge in [0.05, 0.1) is 11.1 Å². The number of alkyl halides is 3. The Kier molecular flexibility index (Phi) is 4.41. The monoisotopic (exact) mass is 301 g/mol. The molecule has 1 fully saturated rings. The zero-order chi connectivity index (χ0) is 15.6. The molecule has 0 aromatic heterocycles. The standard InChI is InChI=1S/C14H18F3N3O/c1-8-6-10(4-5-19-8)20-12-3-2-9(14(15,16)17)7-11(12)13(18)21/h2-3,7-8,10,19-20H,4-6H2,1H3,(H2,18,21). The van der Waals surface area contributed by atoms with Crippen molar-refractivity contribution in [3.63, 3.8) is 0 Å². The van der Waals surface area contributed by atoms with Crippen molar-refractivity contribution < 1.29 is 18.0 Å². The number of benzene rings is 1. The van der Waals surface area contributed by atoms with Crippen LogP contribution in [0.4, 0.5) is 18.9 Å². The lowest BCUT2D eigenvalue weighted by atomic mass is 9.99. The van der Waals surface area contributed by atoms with Gasteiger partial charge in [0.1, 0.15) is 0 Å². The van der Waals surface area contributed by atoms with E-state index in [1.165, 1.54) is 6.07 Å². The molecule has 0 spiro atoms. The molecule has 0 aliphatic carbocycles. The maximum atomic E-state index is 12.7. The first-order valence-electron chi connectivity index (χ1n) is 6.78. The number of anilines is 1. The van der Waals surface area contributed by atoms with Crippen molar-refractivity contribution in [1.29, 1.82) is 0 Å². The Labute approximate surface area is 120 Å². The minimum atomic E-state index is -4.49. The number of nitrogens with two attached hydrogens (primary N) is 1. The number of primary amides is 1.